The molecule has 110 valence electrons. The second kappa shape index (κ2) is 7.19. The first kappa shape index (κ1) is 15.6. The minimum atomic E-state index is -0.687. The minimum absolute atomic E-state index is 0.0129. The fraction of sp³-hybridized carbons (Fsp3) is 0.333. The van der Waals surface area contributed by atoms with E-state index in [9.17, 15) is 19.8 Å². The quantitative estimate of drug-likeness (QED) is 0.347. The van der Waals surface area contributed by atoms with E-state index in [1.165, 1.54) is 7.11 Å². The highest BCUT2D eigenvalue weighted by atomic mass is 16.5. The molecule has 0 aromatic heterocycles. The van der Waals surface area contributed by atoms with Crippen molar-refractivity contribution in [1.29, 1.82) is 0 Å². The molecule has 0 radical (unpaired) electrons. The molecule has 8 heteroatoms. The number of amides is 2. The topological polar surface area (TPSA) is 128 Å². The third-order valence-corrected chi connectivity index (χ3v) is 2.34. The van der Waals surface area contributed by atoms with Crippen LogP contribution in [0.15, 0.2) is 12.1 Å². The number of aromatic hydroxyl groups is 3. The summed E-state index contributed by atoms with van der Waals surface area (Å²) in [5.41, 5.74) is -0.0129. The number of hydrogen-bond donors (Lipinski definition) is 5. The van der Waals surface area contributed by atoms with Crippen molar-refractivity contribution >= 4 is 11.8 Å². The van der Waals surface area contributed by atoms with Gasteiger partial charge in [-0.15, -0.1) is 0 Å². The third-order valence-electron chi connectivity index (χ3n) is 2.34. The van der Waals surface area contributed by atoms with Crippen LogP contribution < -0.4 is 10.6 Å². The third kappa shape index (κ3) is 4.32. The molecule has 0 unspecified atom stereocenters. The van der Waals surface area contributed by atoms with Gasteiger partial charge in [0.1, 0.15) is 6.61 Å². The predicted octanol–water partition coefficient (Wildman–Crippen LogP) is -0.704. The van der Waals surface area contributed by atoms with Gasteiger partial charge >= 0.3 is 0 Å². The van der Waals surface area contributed by atoms with Gasteiger partial charge in [0.2, 0.25) is 5.91 Å². The molecule has 1 rings (SSSR count). The van der Waals surface area contributed by atoms with Crippen LogP contribution in [0.2, 0.25) is 0 Å². The number of rotatable bonds is 6. The normalized spacial score (nSPS) is 10.1. The van der Waals surface area contributed by atoms with Crippen molar-refractivity contribution < 1.29 is 29.6 Å². The molecule has 2 amide bonds. The van der Waals surface area contributed by atoms with Crippen LogP contribution in [0.4, 0.5) is 0 Å². The number of methoxy groups -OCH3 is 1. The highest BCUT2D eigenvalue weighted by Gasteiger charge is 2.13. The Hall–Kier alpha value is -2.48. The fourth-order valence-electron chi connectivity index (χ4n) is 1.40. The molecule has 8 nitrogen and oxygen atoms in total. The van der Waals surface area contributed by atoms with E-state index >= 15 is 0 Å². The lowest BCUT2D eigenvalue weighted by Crippen LogP contribution is -2.36. The predicted molar refractivity (Wildman–Crippen MR) is 68.7 cm³/mol. The first-order chi connectivity index (χ1) is 9.45. The van der Waals surface area contributed by atoms with Gasteiger partial charge in [-0.1, -0.05) is 0 Å². The zero-order chi connectivity index (χ0) is 15.1. The van der Waals surface area contributed by atoms with Gasteiger partial charge in [0, 0.05) is 25.8 Å². The van der Waals surface area contributed by atoms with Crippen molar-refractivity contribution in [3.63, 3.8) is 0 Å². The molecule has 0 saturated carbocycles. The molecule has 0 saturated heterocycles. The summed E-state index contributed by atoms with van der Waals surface area (Å²) in [6.07, 6.45) is 0. The molecule has 20 heavy (non-hydrogen) atoms. The number of carbonyl (C=O) groups is 2. The summed E-state index contributed by atoms with van der Waals surface area (Å²) < 4.78 is 4.61. The number of phenols is 3. The SMILES string of the molecule is COCC(=O)NCCNC(=O)c1cc(O)c(O)c(O)c1. The monoisotopic (exact) mass is 284 g/mol. The minimum Gasteiger partial charge on any atom is -0.504 e. The molecule has 0 fully saturated rings. The lowest BCUT2D eigenvalue weighted by molar-refractivity contribution is -0.124. The Balaban J connectivity index is 2.46. The summed E-state index contributed by atoms with van der Waals surface area (Å²) in [7, 11) is 1.39. The summed E-state index contributed by atoms with van der Waals surface area (Å²) in [5, 5.41) is 32.7. The van der Waals surface area contributed by atoms with E-state index in [4.69, 9.17) is 5.11 Å². The van der Waals surface area contributed by atoms with Crippen molar-refractivity contribution in [2.45, 2.75) is 0 Å². The van der Waals surface area contributed by atoms with Crippen molar-refractivity contribution in [3.8, 4) is 17.2 Å². The summed E-state index contributed by atoms with van der Waals surface area (Å²) >= 11 is 0. The summed E-state index contributed by atoms with van der Waals surface area (Å²) in [6, 6.07) is 2.04. The van der Waals surface area contributed by atoms with E-state index < -0.39 is 23.2 Å². The van der Waals surface area contributed by atoms with Crippen LogP contribution in [0, 0.1) is 0 Å². The molecule has 0 bridgehead atoms. The van der Waals surface area contributed by atoms with Gasteiger partial charge in [-0.05, 0) is 12.1 Å². The van der Waals surface area contributed by atoms with E-state index in [-0.39, 0.29) is 31.2 Å². The maximum absolute atomic E-state index is 11.7. The molecule has 0 aliphatic heterocycles. The molecule has 0 aliphatic carbocycles. The van der Waals surface area contributed by atoms with E-state index in [0.29, 0.717) is 0 Å². The van der Waals surface area contributed by atoms with Crippen molar-refractivity contribution in [3.05, 3.63) is 17.7 Å². The number of nitrogens with one attached hydrogen (secondary N) is 2. The molecule has 5 N–H and O–H groups in total. The molecule has 1 aromatic carbocycles. The second-order valence-corrected chi connectivity index (χ2v) is 3.90. The average molecular weight is 284 g/mol. The molecule has 0 spiro atoms. The number of benzene rings is 1. The summed E-state index contributed by atoms with van der Waals surface area (Å²) in [4.78, 5) is 22.7. The number of phenolic OH excluding ortho intramolecular Hbond substituents is 3. The number of hydrogen-bond acceptors (Lipinski definition) is 6. The van der Waals surface area contributed by atoms with Gasteiger partial charge in [-0.3, -0.25) is 9.59 Å². The molecular formula is C12H16N2O6. The molecular weight excluding hydrogens is 268 g/mol. The smallest absolute Gasteiger partial charge is 0.251 e. The van der Waals surface area contributed by atoms with Gasteiger partial charge in [0.15, 0.2) is 17.2 Å². The Kier molecular flexibility index (Phi) is 5.60. The largest absolute Gasteiger partial charge is 0.504 e. The highest BCUT2D eigenvalue weighted by Crippen LogP contribution is 2.35. The van der Waals surface area contributed by atoms with Gasteiger partial charge in [-0.25, -0.2) is 0 Å². The van der Waals surface area contributed by atoms with Crippen molar-refractivity contribution in [2.24, 2.45) is 0 Å². The van der Waals surface area contributed by atoms with E-state index in [0.717, 1.165) is 12.1 Å². The van der Waals surface area contributed by atoms with Crippen LogP contribution in [0.25, 0.3) is 0 Å². The highest BCUT2D eigenvalue weighted by molar-refractivity contribution is 5.95. The lowest BCUT2D eigenvalue weighted by atomic mass is 10.1. The number of ether oxygens (including phenoxy) is 1. The zero-order valence-electron chi connectivity index (χ0n) is 10.8. The van der Waals surface area contributed by atoms with Crippen LogP contribution in [-0.4, -0.2) is 53.9 Å². The number of carbonyl (C=O) groups excluding carboxylic acids is 2. The maximum Gasteiger partial charge on any atom is 0.251 e. The molecule has 0 atom stereocenters. The van der Waals surface area contributed by atoms with Crippen LogP contribution in [0.1, 0.15) is 10.4 Å². The summed E-state index contributed by atoms with van der Waals surface area (Å²) in [6.45, 7) is 0.314. The molecule has 0 heterocycles. The zero-order valence-corrected chi connectivity index (χ0v) is 10.8. The van der Waals surface area contributed by atoms with Gasteiger partial charge < -0.3 is 30.7 Å². The Bertz CT molecular complexity index is 480. The van der Waals surface area contributed by atoms with Crippen LogP contribution in [0.5, 0.6) is 17.2 Å². The maximum atomic E-state index is 11.7. The standard InChI is InChI=1S/C12H16N2O6/c1-20-6-10(17)13-2-3-14-12(19)7-4-8(15)11(18)9(16)5-7/h4-5,15-16,18H,2-3,6H2,1H3,(H,13,17)(H,14,19). The first-order valence-corrected chi connectivity index (χ1v) is 5.74. The van der Waals surface area contributed by atoms with E-state index in [1.54, 1.807) is 0 Å². The van der Waals surface area contributed by atoms with Crippen LogP contribution in [-0.2, 0) is 9.53 Å². The fourth-order valence-corrected chi connectivity index (χ4v) is 1.40. The van der Waals surface area contributed by atoms with Crippen LogP contribution >= 0.6 is 0 Å². The Morgan fingerprint density at radius 2 is 1.65 bits per heavy atom. The van der Waals surface area contributed by atoms with Gasteiger partial charge in [0.25, 0.3) is 5.91 Å². The summed E-state index contributed by atoms with van der Waals surface area (Å²) in [5.74, 6) is -2.74. The van der Waals surface area contributed by atoms with Crippen molar-refractivity contribution in [1.82, 2.24) is 10.6 Å². The Labute approximate surface area is 115 Å². The molecule has 0 aliphatic rings. The van der Waals surface area contributed by atoms with Gasteiger partial charge in [-0.2, -0.15) is 0 Å². The Morgan fingerprint density at radius 1 is 1.10 bits per heavy atom. The van der Waals surface area contributed by atoms with Crippen LogP contribution in [0.3, 0.4) is 0 Å². The van der Waals surface area contributed by atoms with E-state index in [1.807, 2.05) is 0 Å². The van der Waals surface area contributed by atoms with Crippen molar-refractivity contribution in [2.75, 3.05) is 26.8 Å². The second-order valence-electron chi connectivity index (χ2n) is 3.90. The lowest BCUT2D eigenvalue weighted by Gasteiger charge is -2.08. The van der Waals surface area contributed by atoms with E-state index in [2.05, 4.69) is 15.4 Å². The average Bonchev–Trinajstić information content (AvgIpc) is 2.40. The first-order valence-electron chi connectivity index (χ1n) is 5.74. The molecule has 1 aromatic rings. The van der Waals surface area contributed by atoms with Gasteiger partial charge in [0.05, 0.1) is 0 Å². The Morgan fingerprint density at radius 3 is 2.20 bits per heavy atom.